The van der Waals surface area contributed by atoms with Gasteiger partial charge in [-0.2, -0.15) is 5.10 Å². The highest BCUT2D eigenvalue weighted by molar-refractivity contribution is 9.10. The van der Waals surface area contributed by atoms with Crippen LogP contribution < -0.4 is 14.9 Å². The van der Waals surface area contributed by atoms with Crippen molar-refractivity contribution >= 4 is 45.1 Å². The number of nitro groups is 1. The van der Waals surface area contributed by atoms with Crippen LogP contribution in [0.5, 0.6) is 11.5 Å². The average molecular weight is 504 g/mol. The number of benzene rings is 2. The molecule has 2 aromatic carbocycles. The van der Waals surface area contributed by atoms with E-state index in [-0.39, 0.29) is 18.2 Å². The second kappa shape index (κ2) is 10.7. The Hall–Kier alpha value is -3.24. The van der Waals surface area contributed by atoms with E-state index in [4.69, 9.17) is 9.47 Å². The molecule has 1 N–H and O–H groups in total. The number of carbonyl (C=O) groups excluding carboxylic acids is 1. The zero-order chi connectivity index (χ0) is 22.2. The Balaban J connectivity index is 1.73. The summed E-state index contributed by atoms with van der Waals surface area (Å²) in [6.45, 7) is 2.40. The summed E-state index contributed by atoms with van der Waals surface area (Å²) in [7, 11) is 0. The van der Waals surface area contributed by atoms with E-state index >= 15 is 0 Å². The highest BCUT2D eigenvalue weighted by atomic mass is 79.9. The summed E-state index contributed by atoms with van der Waals surface area (Å²) in [5, 5.41) is 16.8. The molecular weight excluding hydrogens is 486 g/mol. The first-order valence-electron chi connectivity index (χ1n) is 9.17. The Morgan fingerprint density at radius 1 is 1.23 bits per heavy atom. The molecule has 1 aromatic heterocycles. The van der Waals surface area contributed by atoms with E-state index in [9.17, 15) is 14.9 Å². The van der Waals surface area contributed by atoms with Crippen LogP contribution in [0.4, 0.5) is 5.69 Å². The van der Waals surface area contributed by atoms with Crippen molar-refractivity contribution in [2.45, 2.75) is 13.5 Å². The van der Waals surface area contributed by atoms with Gasteiger partial charge in [0.1, 0.15) is 6.61 Å². The third kappa shape index (κ3) is 6.12. The monoisotopic (exact) mass is 503 g/mol. The lowest BCUT2D eigenvalue weighted by Gasteiger charge is -2.14. The molecule has 1 amide bonds. The van der Waals surface area contributed by atoms with Crippen LogP contribution in [0.15, 0.2) is 63.5 Å². The van der Waals surface area contributed by atoms with Crippen molar-refractivity contribution in [3.63, 3.8) is 0 Å². The number of nitro benzene ring substituents is 1. The minimum absolute atomic E-state index is 0.00321. The minimum atomic E-state index is -0.447. The van der Waals surface area contributed by atoms with Gasteiger partial charge in [-0.05, 0) is 52.0 Å². The van der Waals surface area contributed by atoms with Crippen LogP contribution in [-0.2, 0) is 6.61 Å². The summed E-state index contributed by atoms with van der Waals surface area (Å²) in [4.78, 5) is 23.0. The highest BCUT2D eigenvalue weighted by Gasteiger charge is 2.12. The second-order valence-electron chi connectivity index (χ2n) is 6.15. The van der Waals surface area contributed by atoms with Gasteiger partial charge in [0.2, 0.25) is 0 Å². The summed E-state index contributed by atoms with van der Waals surface area (Å²) in [6.07, 6.45) is 1.50. The zero-order valence-electron chi connectivity index (χ0n) is 16.4. The van der Waals surface area contributed by atoms with Gasteiger partial charge in [-0.25, -0.2) is 5.43 Å². The first-order chi connectivity index (χ1) is 15.0. The summed E-state index contributed by atoms with van der Waals surface area (Å²) in [6, 6.07) is 13.2. The molecule has 8 nitrogen and oxygen atoms in total. The maximum Gasteiger partial charge on any atom is 0.281 e. The number of non-ortho nitro benzene ring substituents is 1. The first kappa shape index (κ1) is 22.4. The molecule has 160 valence electrons. The van der Waals surface area contributed by atoms with Crippen LogP contribution in [0.3, 0.4) is 0 Å². The quantitative estimate of drug-likeness (QED) is 0.246. The van der Waals surface area contributed by atoms with Crippen LogP contribution >= 0.6 is 27.3 Å². The smallest absolute Gasteiger partial charge is 0.281 e. The van der Waals surface area contributed by atoms with Crippen molar-refractivity contribution < 1.29 is 19.2 Å². The van der Waals surface area contributed by atoms with Crippen LogP contribution in [0.1, 0.15) is 27.7 Å². The summed E-state index contributed by atoms with van der Waals surface area (Å²) in [5.41, 5.74) is 3.82. The predicted octanol–water partition coefficient (Wildman–Crippen LogP) is 5.16. The molecule has 0 bridgehead atoms. The largest absolute Gasteiger partial charge is 0.490 e. The minimum Gasteiger partial charge on any atom is -0.490 e. The van der Waals surface area contributed by atoms with Gasteiger partial charge in [0.05, 0.1) is 22.6 Å². The van der Waals surface area contributed by atoms with Crippen molar-refractivity contribution in [3.05, 3.63) is 84.5 Å². The van der Waals surface area contributed by atoms with E-state index in [1.54, 1.807) is 36.4 Å². The topological polar surface area (TPSA) is 103 Å². The first-order valence-corrected chi connectivity index (χ1v) is 10.8. The molecule has 10 heteroatoms. The van der Waals surface area contributed by atoms with Gasteiger partial charge >= 0.3 is 0 Å². The maximum absolute atomic E-state index is 12.0. The molecule has 0 unspecified atom stereocenters. The van der Waals surface area contributed by atoms with Gasteiger partial charge in [-0.15, -0.1) is 11.3 Å². The SMILES string of the molecule is CCOc1cc(/C=N/NC(=O)c2cccs2)c(Br)cc1OCc1cccc([N+](=O)[O-])c1. The van der Waals surface area contributed by atoms with E-state index in [1.807, 2.05) is 12.3 Å². The molecule has 3 rings (SSSR count). The molecule has 31 heavy (non-hydrogen) atoms. The van der Waals surface area contributed by atoms with Crippen molar-refractivity contribution in [1.29, 1.82) is 0 Å². The lowest BCUT2D eigenvalue weighted by atomic mass is 10.2. The van der Waals surface area contributed by atoms with Crippen LogP contribution in [0.2, 0.25) is 0 Å². The van der Waals surface area contributed by atoms with E-state index < -0.39 is 4.92 Å². The van der Waals surface area contributed by atoms with Crippen molar-refractivity contribution in [2.75, 3.05) is 6.61 Å². The van der Waals surface area contributed by atoms with Crippen molar-refractivity contribution in [1.82, 2.24) is 5.43 Å². The van der Waals surface area contributed by atoms with E-state index in [0.29, 0.717) is 38.6 Å². The fourth-order valence-corrected chi connectivity index (χ4v) is 3.61. The third-order valence-corrected chi connectivity index (χ3v) is 5.55. The molecule has 0 aliphatic carbocycles. The summed E-state index contributed by atoms with van der Waals surface area (Å²) < 4.78 is 12.2. The number of ether oxygens (including phenoxy) is 2. The molecular formula is C21H18BrN3O5S. The predicted molar refractivity (Wildman–Crippen MR) is 122 cm³/mol. The van der Waals surface area contributed by atoms with E-state index in [0.717, 1.165) is 0 Å². The van der Waals surface area contributed by atoms with Gasteiger partial charge in [0, 0.05) is 22.2 Å². The van der Waals surface area contributed by atoms with Crippen molar-refractivity contribution in [2.24, 2.45) is 5.10 Å². The molecule has 0 aliphatic heterocycles. The number of nitrogens with zero attached hydrogens (tertiary/aromatic N) is 2. The van der Waals surface area contributed by atoms with Crippen LogP contribution in [0, 0.1) is 10.1 Å². The van der Waals surface area contributed by atoms with E-state index in [2.05, 4.69) is 26.5 Å². The van der Waals surface area contributed by atoms with Gasteiger partial charge < -0.3 is 9.47 Å². The summed E-state index contributed by atoms with van der Waals surface area (Å²) >= 11 is 4.80. The van der Waals surface area contributed by atoms with Crippen molar-refractivity contribution in [3.8, 4) is 11.5 Å². The molecule has 0 aliphatic rings. The normalized spacial score (nSPS) is 10.8. The van der Waals surface area contributed by atoms with Gasteiger partial charge in [-0.3, -0.25) is 14.9 Å². The molecule has 0 saturated heterocycles. The molecule has 3 aromatic rings. The molecule has 0 radical (unpaired) electrons. The second-order valence-corrected chi connectivity index (χ2v) is 7.95. The highest BCUT2D eigenvalue weighted by Crippen LogP contribution is 2.34. The summed E-state index contributed by atoms with van der Waals surface area (Å²) in [5.74, 6) is 0.673. The van der Waals surface area contributed by atoms with E-state index in [1.165, 1.54) is 29.7 Å². The number of hydrogen-bond donors (Lipinski definition) is 1. The van der Waals surface area contributed by atoms with Gasteiger partial charge in [0.15, 0.2) is 11.5 Å². The van der Waals surface area contributed by atoms with Crippen LogP contribution in [-0.4, -0.2) is 23.7 Å². The third-order valence-electron chi connectivity index (χ3n) is 3.99. The Kier molecular flexibility index (Phi) is 7.74. The number of thiophene rings is 1. The molecule has 0 spiro atoms. The molecule has 0 atom stereocenters. The van der Waals surface area contributed by atoms with Gasteiger partial charge in [0.25, 0.3) is 11.6 Å². The Labute approximate surface area is 190 Å². The zero-order valence-corrected chi connectivity index (χ0v) is 18.8. The molecule has 0 fully saturated rings. The maximum atomic E-state index is 12.0. The molecule has 0 saturated carbocycles. The Morgan fingerprint density at radius 2 is 2.03 bits per heavy atom. The number of rotatable bonds is 9. The Morgan fingerprint density at radius 3 is 2.74 bits per heavy atom. The Bertz CT molecular complexity index is 1100. The fourth-order valence-electron chi connectivity index (χ4n) is 2.58. The lowest BCUT2D eigenvalue weighted by Crippen LogP contribution is -2.16. The van der Waals surface area contributed by atoms with Gasteiger partial charge in [-0.1, -0.05) is 18.2 Å². The lowest BCUT2D eigenvalue weighted by molar-refractivity contribution is -0.384. The number of amides is 1. The fraction of sp³-hybridized carbons (Fsp3) is 0.143. The number of hydrazone groups is 1. The number of nitrogens with one attached hydrogen (secondary N) is 1. The molecule has 1 heterocycles. The number of hydrogen-bond acceptors (Lipinski definition) is 7. The number of halogens is 1. The average Bonchev–Trinajstić information content (AvgIpc) is 3.30. The number of carbonyl (C=O) groups is 1. The standard InChI is InChI=1S/C21H18BrN3O5S/c1-2-29-18-10-15(12-23-24-21(26)20-7-4-8-31-20)17(22)11-19(18)30-13-14-5-3-6-16(9-14)25(27)28/h3-12H,2,13H2,1H3,(H,24,26)/b23-12+. The van der Waals surface area contributed by atoms with Crippen LogP contribution in [0.25, 0.3) is 0 Å².